The molecule has 3 aromatic carbocycles. The number of aryl methyl sites for hydroxylation is 2. The van der Waals surface area contributed by atoms with Gasteiger partial charge < -0.3 is 14.8 Å². The fourth-order valence-corrected chi connectivity index (χ4v) is 3.71. The molecule has 9 nitrogen and oxygen atoms in total. The Morgan fingerprint density at radius 3 is 2.42 bits per heavy atom. The Bertz CT molecular complexity index is 1470. The van der Waals surface area contributed by atoms with Crippen LogP contribution in [0.1, 0.15) is 48.0 Å². The summed E-state index contributed by atoms with van der Waals surface area (Å²) in [6.07, 6.45) is 1.63. The van der Waals surface area contributed by atoms with Gasteiger partial charge in [-0.2, -0.15) is 5.10 Å². The molecule has 0 spiro atoms. The molecule has 196 valence electrons. The number of carbonyl (C=O) groups excluding carboxylic acids is 1. The zero-order valence-corrected chi connectivity index (χ0v) is 22.0. The van der Waals surface area contributed by atoms with Crippen molar-refractivity contribution in [2.75, 3.05) is 5.32 Å². The SMILES string of the molecule is Cc1ccc(C)c(Oc2cc(NC(=O)c3ccn(COc4ccc(C(C)(C)C)cc4)n3)cc([N+](=O)[O-])c2)c1. The lowest BCUT2D eigenvalue weighted by molar-refractivity contribution is -0.384. The molecule has 0 fully saturated rings. The normalized spacial score (nSPS) is 11.2. The Morgan fingerprint density at radius 2 is 1.74 bits per heavy atom. The monoisotopic (exact) mass is 514 g/mol. The second kappa shape index (κ2) is 10.8. The highest BCUT2D eigenvalue weighted by Crippen LogP contribution is 2.32. The van der Waals surface area contributed by atoms with Gasteiger partial charge in [-0.15, -0.1) is 0 Å². The standard InChI is InChI=1S/C29H30N4O5/c1-19-6-7-20(2)27(14-19)38-25-16-22(15-23(17-25)33(35)36)30-28(34)26-12-13-32(31-26)18-37-24-10-8-21(9-11-24)29(3,4)5/h6-17H,18H2,1-5H3,(H,30,34). The van der Waals surface area contributed by atoms with E-state index in [1.165, 1.54) is 28.4 Å². The number of nitro benzene ring substituents is 1. The van der Waals surface area contributed by atoms with Crippen LogP contribution in [0.2, 0.25) is 0 Å². The van der Waals surface area contributed by atoms with E-state index in [1.807, 2.05) is 56.3 Å². The Balaban J connectivity index is 1.44. The van der Waals surface area contributed by atoms with Crippen molar-refractivity contribution in [3.05, 3.63) is 105 Å². The maximum Gasteiger partial charge on any atom is 0.276 e. The first-order valence-electron chi connectivity index (χ1n) is 12.1. The average molecular weight is 515 g/mol. The fourth-order valence-electron chi connectivity index (χ4n) is 3.71. The van der Waals surface area contributed by atoms with Crippen LogP contribution in [0.4, 0.5) is 11.4 Å². The molecule has 0 bridgehead atoms. The van der Waals surface area contributed by atoms with Gasteiger partial charge in [0.05, 0.1) is 16.7 Å². The van der Waals surface area contributed by atoms with Crippen LogP contribution in [0, 0.1) is 24.0 Å². The number of nitro groups is 1. The van der Waals surface area contributed by atoms with Crippen molar-refractivity contribution in [3.63, 3.8) is 0 Å². The number of non-ortho nitro benzene ring substituents is 1. The van der Waals surface area contributed by atoms with E-state index in [1.54, 1.807) is 12.3 Å². The highest BCUT2D eigenvalue weighted by Gasteiger charge is 2.17. The number of carbonyl (C=O) groups is 1. The number of benzene rings is 3. The maximum atomic E-state index is 12.8. The number of anilines is 1. The first-order valence-corrected chi connectivity index (χ1v) is 12.1. The van der Waals surface area contributed by atoms with Crippen LogP contribution in [0.3, 0.4) is 0 Å². The molecule has 1 heterocycles. The van der Waals surface area contributed by atoms with Crippen LogP contribution in [-0.4, -0.2) is 20.6 Å². The third-order valence-electron chi connectivity index (χ3n) is 5.89. The molecule has 9 heteroatoms. The van der Waals surface area contributed by atoms with Crippen LogP contribution in [0.5, 0.6) is 17.2 Å². The maximum absolute atomic E-state index is 12.8. The van der Waals surface area contributed by atoms with Crippen molar-refractivity contribution in [2.45, 2.75) is 46.8 Å². The molecule has 38 heavy (non-hydrogen) atoms. The van der Waals surface area contributed by atoms with Crippen LogP contribution in [0.25, 0.3) is 0 Å². The summed E-state index contributed by atoms with van der Waals surface area (Å²) in [7, 11) is 0. The third-order valence-corrected chi connectivity index (χ3v) is 5.89. The molecule has 0 aliphatic carbocycles. The molecule has 0 aliphatic heterocycles. The summed E-state index contributed by atoms with van der Waals surface area (Å²) in [4.78, 5) is 23.8. The van der Waals surface area contributed by atoms with E-state index in [2.05, 4.69) is 31.2 Å². The Morgan fingerprint density at radius 1 is 1.00 bits per heavy atom. The summed E-state index contributed by atoms with van der Waals surface area (Å²) in [5.41, 5.74) is 3.27. The molecule has 1 amide bonds. The van der Waals surface area contributed by atoms with Gasteiger partial charge in [0, 0.05) is 18.3 Å². The van der Waals surface area contributed by atoms with E-state index in [0.29, 0.717) is 11.5 Å². The van der Waals surface area contributed by atoms with Crippen molar-refractivity contribution in [3.8, 4) is 17.2 Å². The van der Waals surface area contributed by atoms with Gasteiger partial charge in [0.15, 0.2) is 12.4 Å². The van der Waals surface area contributed by atoms with Gasteiger partial charge >= 0.3 is 0 Å². The first-order chi connectivity index (χ1) is 18.0. The van der Waals surface area contributed by atoms with E-state index < -0.39 is 10.8 Å². The number of hydrogen-bond donors (Lipinski definition) is 1. The highest BCUT2D eigenvalue weighted by atomic mass is 16.6. The van der Waals surface area contributed by atoms with Crippen molar-refractivity contribution < 1.29 is 19.2 Å². The van der Waals surface area contributed by atoms with Gasteiger partial charge in [-0.05, 0) is 60.2 Å². The summed E-state index contributed by atoms with van der Waals surface area (Å²) >= 11 is 0. The van der Waals surface area contributed by atoms with E-state index in [0.717, 1.165) is 11.1 Å². The Hall–Kier alpha value is -4.66. The van der Waals surface area contributed by atoms with Gasteiger partial charge in [0.1, 0.15) is 17.2 Å². The van der Waals surface area contributed by atoms with Gasteiger partial charge in [0.2, 0.25) is 0 Å². The molecule has 4 rings (SSSR count). The molecule has 0 saturated heterocycles. The summed E-state index contributed by atoms with van der Waals surface area (Å²) in [5.74, 6) is 0.984. The minimum Gasteiger partial charge on any atom is -0.471 e. The van der Waals surface area contributed by atoms with Crippen LogP contribution in [0.15, 0.2) is 72.9 Å². The summed E-state index contributed by atoms with van der Waals surface area (Å²) in [6, 6.07) is 19.2. The summed E-state index contributed by atoms with van der Waals surface area (Å²) in [6.45, 7) is 10.4. The number of aromatic nitrogens is 2. The minimum absolute atomic E-state index is 0.0500. The second-order valence-corrected chi connectivity index (χ2v) is 10.1. The number of nitrogens with zero attached hydrogens (tertiary/aromatic N) is 3. The van der Waals surface area contributed by atoms with Gasteiger partial charge in [0.25, 0.3) is 11.6 Å². The lowest BCUT2D eigenvalue weighted by atomic mass is 9.87. The molecule has 1 N–H and O–H groups in total. The number of nitrogens with one attached hydrogen (secondary N) is 1. The van der Waals surface area contributed by atoms with Crippen molar-refractivity contribution >= 4 is 17.3 Å². The molecule has 4 aromatic rings. The van der Waals surface area contributed by atoms with Crippen molar-refractivity contribution in [2.24, 2.45) is 0 Å². The van der Waals surface area contributed by atoms with Gasteiger partial charge in [-0.1, -0.05) is 45.0 Å². The largest absolute Gasteiger partial charge is 0.471 e. The summed E-state index contributed by atoms with van der Waals surface area (Å²) in [5, 5.41) is 18.4. The lowest BCUT2D eigenvalue weighted by Crippen LogP contribution is -2.14. The van der Waals surface area contributed by atoms with Crippen LogP contribution >= 0.6 is 0 Å². The van der Waals surface area contributed by atoms with Gasteiger partial charge in [-0.25, -0.2) is 4.68 Å². The highest BCUT2D eigenvalue weighted by molar-refractivity contribution is 6.03. The molecular formula is C29H30N4O5. The minimum atomic E-state index is -0.536. The van der Waals surface area contributed by atoms with E-state index in [9.17, 15) is 14.9 Å². The fraction of sp³-hybridized carbons (Fsp3) is 0.241. The second-order valence-electron chi connectivity index (χ2n) is 10.1. The topological polar surface area (TPSA) is 109 Å². The Kier molecular flexibility index (Phi) is 7.47. The first kappa shape index (κ1) is 26.4. The predicted molar refractivity (Wildman–Crippen MR) is 145 cm³/mol. The average Bonchev–Trinajstić information content (AvgIpc) is 3.34. The quantitative estimate of drug-likeness (QED) is 0.205. The van der Waals surface area contributed by atoms with Crippen molar-refractivity contribution in [1.29, 1.82) is 0 Å². The van der Waals surface area contributed by atoms with E-state index in [4.69, 9.17) is 9.47 Å². The lowest BCUT2D eigenvalue weighted by Gasteiger charge is -2.19. The third kappa shape index (κ3) is 6.56. The summed E-state index contributed by atoms with van der Waals surface area (Å²) < 4.78 is 13.2. The van der Waals surface area contributed by atoms with Gasteiger partial charge in [-0.3, -0.25) is 14.9 Å². The molecule has 0 saturated carbocycles. The van der Waals surface area contributed by atoms with Crippen LogP contribution in [-0.2, 0) is 12.1 Å². The Labute approximate surface area is 221 Å². The molecule has 0 radical (unpaired) electrons. The zero-order valence-electron chi connectivity index (χ0n) is 22.0. The number of amides is 1. The number of hydrogen-bond acceptors (Lipinski definition) is 6. The molecule has 0 atom stereocenters. The number of rotatable bonds is 8. The zero-order chi connectivity index (χ0) is 27.4. The molecule has 0 aliphatic rings. The number of ether oxygens (including phenoxy) is 2. The van der Waals surface area contributed by atoms with Crippen LogP contribution < -0.4 is 14.8 Å². The smallest absolute Gasteiger partial charge is 0.276 e. The predicted octanol–water partition coefficient (Wildman–Crippen LogP) is 6.79. The molecule has 1 aromatic heterocycles. The van der Waals surface area contributed by atoms with E-state index in [-0.39, 0.29) is 35.0 Å². The van der Waals surface area contributed by atoms with Crippen molar-refractivity contribution in [1.82, 2.24) is 9.78 Å². The molecule has 0 unspecified atom stereocenters. The van der Waals surface area contributed by atoms with E-state index >= 15 is 0 Å². The molecular weight excluding hydrogens is 484 g/mol.